The molecule has 2 heterocycles. The summed E-state index contributed by atoms with van der Waals surface area (Å²) in [6.45, 7) is 1.18. The van der Waals surface area contributed by atoms with Gasteiger partial charge in [-0.05, 0) is 35.6 Å². The van der Waals surface area contributed by atoms with Crippen LogP contribution < -0.4 is 10.6 Å². The van der Waals surface area contributed by atoms with E-state index in [1.54, 1.807) is 18.4 Å². The minimum absolute atomic E-state index is 0. The number of fused-ring (bicyclic) bond motifs is 2. The second-order valence-corrected chi connectivity index (χ2v) is 7.81. The van der Waals surface area contributed by atoms with Gasteiger partial charge in [-0.15, -0.1) is 35.3 Å². The third-order valence-electron chi connectivity index (χ3n) is 4.82. The molecule has 0 spiro atoms. The van der Waals surface area contributed by atoms with Crippen LogP contribution in [0.15, 0.2) is 65.8 Å². The lowest BCUT2D eigenvalue weighted by Gasteiger charge is -2.14. The number of aliphatic hydroxyl groups excluding tert-OH is 1. The van der Waals surface area contributed by atoms with Crippen LogP contribution in [-0.4, -0.2) is 36.2 Å². The van der Waals surface area contributed by atoms with Crippen LogP contribution in [0.4, 0.5) is 0 Å². The summed E-state index contributed by atoms with van der Waals surface area (Å²) in [5.41, 5.74) is 2.44. The molecule has 0 aliphatic heterocycles. The van der Waals surface area contributed by atoms with Gasteiger partial charge < -0.3 is 20.7 Å². The molecule has 1 atom stereocenters. The summed E-state index contributed by atoms with van der Waals surface area (Å²) in [7, 11) is 1.74. The molecule has 29 heavy (non-hydrogen) atoms. The highest BCUT2D eigenvalue weighted by molar-refractivity contribution is 14.0. The van der Waals surface area contributed by atoms with Crippen molar-refractivity contribution < 1.29 is 5.11 Å². The minimum atomic E-state index is -0.565. The van der Waals surface area contributed by atoms with Gasteiger partial charge in [0, 0.05) is 46.8 Å². The quantitative estimate of drug-likeness (QED) is 0.173. The lowest BCUT2D eigenvalue weighted by molar-refractivity contribution is 0.184. The number of thiophene rings is 1. The monoisotopic (exact) mass is 520 g/mol. The number of para-hydroxylation sites is 1. The van der Waals surface area contributed by atoms with Crippen LogP contribution >= 0.6 is 35.3 Å². The first kappa shape index (κ1) is 21.6. The first-order chi connectivity index (χ1) is 13.7. The molecule has 2 aromatic carbocycles. The second kappa shape index (κ2) is 10.1. The lowest BCUT2D eigenvalue weighted by Crippen LogP contribution is -2.40. The largest absolute Gasteiger partial charge is 0.386 e. The molecule has 0 saturated heterocycles. The predicted molar refractivity (Wildman–Crippen MR) is 134 cm³/mol. The Morgan fingerprint density at radius 2 is 1.93 bits per heavy atom. The summed E-state index contributed by atoms with van der Waals surface area (Å²) in [6.07, 6.45) is 2.39. The van der Waals surface area contributed by atoms with E-state index in [0.717, 1.165) is 23.4 Å². The van der Waals surface area contributed by atoms with Gasteiger partial charge in [0.2, 0.25) is 0 Å². The maximum Gasteiger partial charge on any atom is 0.191 e. The van der Waals surface area contributed by atoms with Crippen LogP contribution in [0.2, 0.25) is 0 Å². The number of rotatable bonds is 6. The van der Waals surface area contributed by atoms with Gasteiger partial charge >= 0.3 is 0 Å². The highest BCUT2D eigenvalue weighted by Crippen LogP contribution is 2.29. The minimum Gasteiger partial charge on any atom is -0.386 e. The normalized spacial score (nSPS) is 12.7. The molecule has 4 N–H and O–H groups in total. The summed E-state index contributed by atoms with van der Waals surface area (Å²) >= 11 is 1.63. The number of hydrogen-bond donors (Lipinski definition) is 4. The fourth-order valence-electron chi connectivity index (χ4n) is 3.34. The van der Waals surface area contributed by atoms with Gasteiger partial charge in [-0.3, -0.25) is 4.99 Å². The number of nitrogens with zero attached hydrogens (tertiary/aromatic N) is 1. The van der Waals surface area contributed by atoms with Gasteiger partial charge in [-0.2, -0.15) is 0 Å². The van der Waals surface area contributed by atoms with E-state index >= 15 is 0 Å². The zero-order valence-corrected chi connectivity index (χ0v) is 19.3. The van der Waals surface area contributed by atoms with E-state index in [4.69, 9.17) is 0 Å². The van der Waals surface area contributed by atoms with E-state index in [0.29, 0.717) is 12.5 Å². The summed E-state index contributed by atoms with van der Waals surface area (Å²) in [5.74, 6) is 0.694. The molecule has 152 valence electrons. The zero-order chi connectivity index (χ0) is 19.3. The van der Waals surface area contributed by atoms with Crippen molar-refractivity contribution in [2.75, 3.05) is 20.1 Å². The zero-order valence-electron chi connectivity index (χ0n) is 16.2. The molecule has 1 unspecified atom stereocenters. The molecule has 0 saturated carbocycles. The average Bonchev–Trinajstić information content (AvgIpc) is 3.34. The second-order valence-electron chi connectivity index (χ2n) is 6.69. The molecule has 0 amide bonds. The third-order valence-corrected chi connectivity index (χ3v) is 6.04. The number of aromatic amines is 1. The van der Waals surface area contributed by atoms with Gasteiger partial charge in [-0.1, -0.05) is 36.4 Å². The maximum atomic E-state index is 10.5. The van der Waals surface area contributed by atoms with Gasteiger partial charge in [0.15, 0.2) is 5.96 Å². The Morgan fingerprint density at radius 1 is 1.14 bits per heavy atom. The summed E-state index contributed by atoms with van der Waals surface area (Å²) in [5, 5.41) is 19.5. The molecular formula is C22H25IN4OS. The SMILES string of the molecule is CN=C(NCCc1c[nH]c2ccccc12)NCC(O)c1cc2ccccc2s1.I. The third kappa shape index (κ3) is 5.09. The Kier molecular flexibility index (Phi) is 7.51. The summed E-state index contributed by atoms with van der Waals surface area (Å²) in [4.78, 5) is 8.52. The molecule has 0 bridgehead atoms. The maximum absolute atomic E-state index is 10.5. The van der Waals surface area contributed by atoms with Crippen molar-refractivity contribution >= 4 is 62.3 Å². The smallest absolute Gasteiger partial charge is 0.191 e. The Balaban J connectivity index is 0.00000240. The molecule has 4 aromatic rings. The summed E-state index contributed by atoms with van der Waals surface area (Å²) in [6, 6.07) is 18.6. The van der Waals surface area contributed by atoms with E-state index in [2.05, 4.69) is 63.2 Å². The number of benzene rings is 2. The number of H-pyrrole nitrogens is 1. The van der Waals surface area contributed by atoms with Crippen molar-refractivity contribution in [1.29, 1.82) is 0 Å². The number of aliphatic imine (C=N–C) groups is 1. The molecule has 4 rings (SSSR count). The molecule has 0 fully saturated rings. The van der Waals surface area contributed by atoms with E-state index in [9.17, 15) is 5.11 Å². The van der Waals surface area contributed by atoms with Crippen LogP contribution in [0.25, 0.3) is 21.0 Å². The van der Waals surface area contributed by atoms with E-state index < -0.39 is 6.10 Å². The molecule has 0 aliphatic rings. The average molecular weight is 520 g/mol. The van der Waals surface area contributed by atoms with Crippen LogP contribution in [0, 0.1) is 0 Å². The number of hydrogen-bond acceptors (Lipinski definition) is 3. The highest BCUT2D eigenvalue weighted by Gasteiger charge is 2.12. The Labute approximate surface area is 191 Å². The van der Waals surface area contributed by atoms with Crippen molar-refractivity contribution in [3.8, 4) is 0 Å². The molecule has 0 aliphatic carbocycles. The van der Waals surface area contributed by atoms with E-state index in [-0.39, 0.29) is 24.0 Å². The van der Waals surface area contributed by atoms with E-state index in [1.165, 1.54) is 21.0 Å². The van der Waals surface area contributed by atoms with Gasteiger partial charge in [-0.25, -0.2) is 0 Å². The highest BCUT2D eigenvalue weighted by atomic mass is 127. The van der Waals surface area contributed by atoms with Crippen LogP contribution in [0.3, 0.4) is 0 Å². The summed E-state index contributed by atoms with van der Waals surface area (Å²) < 4.78 is 1.19. The number of aromatic nitrogens is 1. The fourth-order valence-corrected chi connectivity index (χ4v) is 4.39. The van der Waals surface area contributed by atoms with Crippen molar-refractivity contribution in [1.82, 2.24) is 15.6 Å². The van der Waals surface area contributed by atoms with Crippen molar-refractivity contribution in [3.05, 3.63) is 71.2 Å². The van der Waals surface area contributed by atoms with Crippen molar-refractivity contribution in [2.45, 2.75) is 12.5 Å². The first-order valence-corrected chi connectivity index (χ1v) is 10.2. The fraction of sp³-hybridized carbons (Fsp3) is 0.227. The van der Waals surface area contributed by atoms with E-state index in [1.807, 2.05) is 18.2 Å². The first-order valence-electron chi connectivity index (χ1n) is 9.40. The molecule has 0 radical (unpaired) electrons. The molecular weight excluding hydrogens is 495 g/mol. The topological polar surface area (TPSA) is 72.4 Å². The Bertz CT molecular complexity index is 1070. The Morgan fingerprint density at radius 3 is 2.76 bits per heavy atom. The van der Waals surface area contributed by atoms with Crippen molar-refractivity contribution in [2.24, 2.45) is 4.99 Å². The number of guanidine groups is 1. The molecule has 7 heteroatoms. The standard InChI is InChI=1S/C22H24N4OS.HI/c1-23-22(24-11-10-16-13-25-18-8-4-3-7-17(16)18)26-14-19(27)21-12-15-6-2-5-9-20(15)28-21;/h2-9,12-13,19,25,27H,10-11,14H2,1H3,(H2,23,24,26);1H. The Hall–Kier alpha value is -2.10. The van der Waals surface area contributed by atoms with Crippen LogP contribution in [0.1, 0.15) is 16.5 Å². The van der Waals surface area contributed by atoms with Crippen LogP contribution in [-0.2, 0) is 6.42 Å². The predicted octanol–water partition coefficient (Wildman–Crippen LogP) is 4.44. The van der Waals surface area contributed by atoms with Crippen molar-refractivity contribution in [3.63, 3.8) is 0 Å². The van der Waals surface area contributed by atoms with Gasteiger partial charge in [0.1, 0.15) is 6.10 Å². The lowest BCUT2D eigenvalue weighted by atomic mass is 10.1. The van der Waals surface area contributed by atoms with Gasteiger partial charge in [0.25, 0.3) is 0 Å². The van der Waals surface area contributed by atoms with Gasteiger partial charge in [0.05, 0.1) is 0 Å². The molecule has 2 aromatic heterocycles. The molecule has 5 nitrogen and oxygen atoms in total. The number of halogens is 1. The van der Waals surface area contributed by atoms with Crippen LogP contribution in [0.5, 0.6) is 0 Å². The number of aliphatic hydroxyl groups is 1. The number of nitrogens with one attached hydrogen (secondary N) is 3.